The fourth-order valence-corrected chi connectivity index (χ4v) is 2.98. The number of hydrogen-bond donors (Lipinski definition) is 2. The minimum absolute atomic E-state index is 0.308. The summed E-state index contributed by atoms with van der Waals surface area (Å²) < 4.78 is 13.5. The molecule has 0 atom stereocenters. The second-order valence-corrected chi connectivity index (χ2v) is 7.23. The highest BCUT2D eigenvalue weighted by molar-refractivity contribution is 7.99. The predicted octanol–water partition coefficient (Wildman–Crippen LogP) is 3.97. The smallest absolute Gasteiger partial charge is 0.271 e. The Bertz CT molecular complexity index is 936. The molecule has 2 aromatic carbocycles. The molecule has 0 spiro atoms. The number of thioether (sulfide) groups is 1. The number of nitrogens with one attached hydrogen (secondary N) is 2. The molecule has 0 saturated carbocycles. The number of aromatic nitrogens is 2. The summed E-state index contributed by atoms with van der Waals surface area (Å²) in [5.41, 5.74) is 4.74. The number of carbonyl (C=O) groups excluding carboxylic acids is 1. The van der Waals surface area contributed by atoms with Gasteiger partial charge in [0.1, 0.15) is 5.82 Å². The molecule has 0 bridgehead atoms. The van der Waals surface area contributed by atoms with Crippen LogP contribution < -0.4 is 5.43 Å². The van der Waals surface area contributed by atoms with Crippen molar-refractivity contribution in [3.8, 4) is 0 Å². The van der Waals surface area contributed by atoms with E-state index in [1.54, 1.807) is 48.2 Å². The van der Waals surface area contributed by atoms with Crippen LogP contribution in [0, 0.1) is 5.82 Å². The van der Waals surface area contributed by atoms with E-state index in [2.05, 4.69) is 34.3 Å². The van der Waals surface area contributed by atoms with E-state index in [0.29, 0.717) is 16.4 Å². The van der Waals surface area contributed by atoms with Crippen molar-refractivity contribution < 1.29 is 9.18 Å². The van der Waals surface area contributed by atoms with Gasteiger partial charge in [-0.2, -0.15) is 5.10 Å². The van der Waals surface area contributed by atoms with Gasteiger partial charge in [0.25, 0.3) is 5.91 Å². The Balaban J connectivity index is 1.72. The number of aromatic amines is 1. The summed E-state index contributed by atoms with van der Waals surface area (Å²) in [4.78, 5) is 19.9. The SMILES string of the molecule is CC(C)Sc1nc2ccc(C(=O)N/N=C\c3ccccc3F)cc2[nH]1. The van der Waals surface area contributed by atoms with Gasteiger partial charge in [-0.15, -0.1) is 0 Å². The molecule has 0 saturated heterocycles. The number of fused-ring (bicyclic) bond motifs is 1. The number of benzene rings is 2. The molecule has 25 heavy (non-hydrogen) atoms. The van der Waals surface area contributed by atoms with Crippen LogP contribution in [0.25, 0.3) is 11.0 Å². The molecule has 0 aliphatic carbocycles. The average Bonchev–Trinajstić information content (AvgIpc) is 2.96. The number of halogens is 1. The van der Waals surface area contributed by atoms with E-state index < -0.39 is 5.82 Å². The highest BCUT2D eigenvalue weighted by Crippen LogP contribution is 2.23. The zero-order valence-corrected chi connectivity index (χ0v) is 14.6. The van der Waals surface area contributed by atoms with Crippen LogP contribution in [0.2, 0.25) is 0 Å². The highest BCUT2D eigenvalue weighted by Gasteiger charge is 2.09. The van der Waals surface area contributed by atoms with Crippen molar-refractivity contribution in [2.45, 2.75) is 24.3 Å². The minimum Gasteiger partial charge on any atom is -0.333 e. The summed E-state index contributed by atoms with van der Waals surface area (Å²) in [6.45, 7) is 4.18. The maximum Gasteiger partial charge on any atom is 0.271 e. The van der Waals surface area contributed by atoms with Gasteiger partial charge in [-0.25, -0.2) is 14.8 Å². The van der Waals surface area contributed by atoms with E-state index >= 15 is 0 Å². The minimum atomic E-state index is -0.394. The lowest BCUT2D eigenvalue weighted by atomic mass is 10.2. The molecule has 0 aliphatic heterocycles. The predicted molar refractivity (Wildman–Crippen MR) is 98.5 cm³/mol. The molecule has 5 nitrogen and oxygen atoms in total. The topological polar surface area (TPSA) is 70.1 Å². The number of hydrogen-bond acceptors (Lipinski definition) is 4. The summed E-state index contributed by atoms with van der Waals surface area (Å²) in [6.07, 6.45) is 1.28. The van der Waals surface area contributed by atoms with Crippen molar-refractivity contribution in [3.05, 3.63) is 59.4 Å². The Morgan fingerprint density at radius 1 is 1.32 bits per heavy atom. The molecule has 1 amide bonds. The molecule has 128 valence electrons. The molecule has 0 radical (unpaired) electrons. The number of hydrazone groups is 1. The van der Waals surface area contributed by atoms with Crippen molar-refractivity contribution in [1.29, 1.82) is 0 Å². The van der Waals surface area contributed by atoms with Crippen molar-refractivity contribution in [2.75, 3.05) is 0 Å². The molecule has 2 N–H and O–H groups in total. The molecule has 1 aromatic heterocycles. The Kier molecular flexibility index (Phi) is 5.14. The first kappa shape index (κ1) is 17.2. The molecule has 0 aliphatic rings. The summed E-state index contributed by atoms with van der Waals surface area (Å²) in [5, 5.41) is 5.04. The van der Waals surface area contributed by atoms with Crippen LogP contribution in [-0.2, 0) is 0 Å². The lowest BCUT2D eigenvalue weighted by Crippen LogP contribution is -2.17. The van der Waals surface area contributed by atoms with E-state index in [4.69, 9.17) is 0 Å². The summed E-state index contributed by atoms with van der Waals surface area (Å²) in [5.74, 6) is -0.767. The quantitative estimate of drug-likeness (QED) is 0.413. The first-order valence-electron chi connectivity index (χ1n) is 7.77. The Hall–Kier alpha value is -2.67. The molecule has 7 heteroatoms. The summed E-state index contributed by atoms with van der Waals surface area (Å²) in [6, 6.07) is 11.4. The van der Waals surface area contributed by atoms with Gasteiger partial charge >= 0.3 is 0 Å². The molecule has 3 aromatic rings. The number of rotatable bonds is 5. The van der Waals surface area contributed by atoms with Crippen molar-refractivity contribution in [3.63, 3.8) is 0 Å². The lowest BCUT2D eigenvalue weighted by Gasteiger charge is -2.00. The fourth-order valence-electron chi connectivity index (χ4n) is 2.21. The third-order valence-corrected chi connectivity index (χ3v) is 4.23. The third kappa shape index (κ3) is 4.24. The van der Waals surface area contributed by atoms with Crippen LogP contribution in [0.5, 0.6) is 0 Å². The normalized spacial score (nSPS) is 11.5. The summed E-state index contributed by atoms with van der Waals surface area (Å²) >= 11 is 1.63. The molecule has 1 heterocycles. The van der Waals surface area contributed by atoms with E-state index in [-0.39, 0.29) is 5.91 Å². The van der Waals surface area contributed by atoms with Gasteiger partial charge in [0.2, 0.25) is 0 Å². The first-order chi connectivity index (χ1) is 12.0. The first-order valence-corrected chi connectivity index (χ1v) is 8.65. The van der Waals surface area contributed by atoms with Crippen LogP contribution in [-0.4, -0.2) is 27.3 Å². The van der Waals surface area contributed by atoms with Crippen LogP contribution in [0.4, 0.5) is 4.39 Å². The van der Waals surface area contributed by atoms with Gasteiger partial charge in [-0.05, 0) is 24.3 Å². The second kappa shape index (κ2) is 7.48. The van der Waals surface area contributed by atoms with Gasteiger partial charge in [-0.1, -0.05) is 43.8 Å². The Morgan fingerprint density at radius 3 is 2.88 bits per heavy atom. The number of amides is 1. The largest absolute Gasteiger partial charge is 0.333 e. The van der Waals surface area contributed by atoms with Crippen LogP contribution in [0.15, 0.2) is 52.7 Å². The van der Waals surface area contributed by atoms with Gasteiger partial charge in [-0.3, -0.25) is 4.79 Å². The molecule has 3 rings (SSSR count). The number of imidazole rings is 1. The second-order valence-electron chi connectivity index (χ2n) is 5.66. The van der Waals surface area contributed by atoms with Crippen molar-refractivity contribution in [1.82, 2.24) is 15.4 Å². The molecular formula is C18H17FN4OS. The highest BCUT2D eigenvalue weighted by atomic mass is 32.2. The number of H-pyrrole nitrogens is 1. The maximum atomic E-state index is 13.5. The summed E-state index contributed by atoms with van der Waals surface area (Å²) in [7, 11) is 0. The molecule has 0 fully saturated rings. The fraction of sp³-hybridized carbons (Fsp3) is 0.167. The maximum absolute atomic E-state index is 13.5. The van der Waals surface area contributed by atoms with Gasteiger partial charge in [0, 0.05) is 16.4 Å². The molecule has 0 unspecified atom stereocenters. The zero-order valence-electron chi connectivity index (χ0n) is 13.8. The van der Waals surface area contributed by atoms with E-state index in [1.807, 2.05) is 0 Å². The van der Waals surface area contributed by atoms with Crippen molar-refractivity contribution >= 4 is 34.9 Å². The lowest BCUT2D eigenvalue weighted by molar-refractivity contribution is 0.0955. The van der Waals surface area contributed by atoms with Crippen LogP contribution >= 0.6 is 11.8 Å². The third-order valence-electron chi connectivity index (χ3n) is 3.34. The van der Waals surface area contributed by atoms with Gasteiger partial charge in [0.15, 0.2) is 5.16 Å². The Labute approximate surface area is 148 Å². The standard InChI is InChI=1S/C18H17FN4OS/c1-11(2)25-18-21-15-8-7-12(9-16(15)22-18)17(24)23-20-10-13-5-3-4-6-14(13)19/h3-11H,1-2H3,(H,21,22)(H,23,24)/b20-10-. The van der Waals surface area contributed by atoms with Gasteiger partial charge in [0.05, 0.1) is 17.2 Å². The van der Waals surface area contributed by atoms with E-state index in [1.165, 1.54) is 12.3 Å². The number of carbonyl (C=O) groups is 1. The van der Waals surface area contributed by atoms with Crippen LogP contribution in [0.3, 0.4) is 0 Å². The van der Waals surface area contributed by atoms with E-state index in [0.717, 1.165) is 16.2 Å². The Morgan fingerprint density at radius 2 is 2.12 bits per heavy atom. The zero-order chi connectivity index (χ0) is 17.8. The van der Waals surface area contributed by atoms with Crippen LogP contribution in [0.1, 0.15) is 29.8 Å². The average molecular weight is 356 g/mol. The van der Waals surface area contributed by atoms with Gasteiger partial charge < -0.3 is 4.98 Å². The van der Waals surface area contributed by atoms with Crippen molar-refractivity contribution in [2.24, 2.45) is 5.10 Å². The molecular weight excluding hydrogens is 339 g/mol. The monoisotopic (exact) mass is 356 g/mol. The van der Waals surface area contributed by atoms with E-state index in [9.17, 15) is 9.18 Å². The number of nitrogens with zero attached hydrogens (tertiary/aromatic N) is 2.